The van der Waals surface area contributed by atoms with E-state index in [9.17, 15) is 4.79 Å². The first-order chi connectivity index (χ1) is 7.99. The molecular weight excluding hydrogens is 216 g/mol. The largest absolute Gasteiger partial charge is 0.487 e. The van der Waals surface area contributed by atoms with Gasteiger partial charge in [0.25, 0.3) is 0 Å². The van der Waals surface area contributed by atoms with Crippen LogP contribution in [0.2, 0.25) is 0 Å². The first-order valence-corrected chi connectivity index (χ1v) is 5.83. The normalized spacial score (nSPS) is 20.5. The van der Waals surface area contributed by atoms with Gasteiger partial charge in [0.15, 0.2) is 0 Å². The van der Waals surface area contributed by atoms with Crippen molar-refractivity contribution in [1.82, 2.24) is 0 Å². The van der Waals surface area contributed by atoms with Gasteiger partial charge in [0.05, 0.1) is 18.3 Å². The Hall–Kier alpha value is -1.55. The summed E-state index contributed by atoms with van der Waals surface area (Å²) in [6, 6.07) is 5.34. The molecule has 0 radical (unpaired) electrons. The van der Waals surface area contributed by atoms with Gasteiger partial charge in [0, 0.05) is 0 Å². The van der Waals surface area contributed by atoms with E-state index < -0.39 is 6.04 Å². The van der Waals surface area contributed by atoms with Crippen molar-refractivity contribution in [2.75, 3.05) is 11.4 Å². The van der Waals surface area contributed by atoms with Crippen LogP contribution in [0.25, 0.3) is 0 Å². The van der Waals surface area contributed by atoms with E-state index in [-0.39, 0.29) is 12.0 Å². The van der Waals surface area contributed by atoms with Gasteiger partial charge < -0.3 is 15.4 Å². The standard InChI is InChI=1S/C13H18N2O2/c1-8-4-5-11-12(6-8)17-9(2)7-15(11)13(16)10(3)14/h4-6,9-10H,7,14H2,1-3H3/t9?,10-/m0/s1. The van der Waals surface area contributed by atoms with Crippen LogP contribution in [0.5, 0.6) is 5.75 Å². The van der Waals surface area contributed by atoms with Crippen LogP contribution in [0.3, 0.4) is 0 Å². The molecule has 0 bridgehead atoms. The zero-order chi connectivity index (χ0) is 12.6. The summed E-state index contributed by atoms with van der Waals surface area (Å²) in [5.74, 6) is 0.697. The van der Waals surface area contributed by atoms with Crippen molar-refractivity contribution >= 4 is 11.6 Å². The van der Waals surface area contributed by atoms with E-state index in [1.54, 1.807) is 11.8 Å². The topological polar surface area (TPSA) is 55.6 Å². The molecule has 0 saturated heterocycles. The number of aryl methyl sites for hydroxylation is 1. The monoisotopic (exact) mass is 234 g/mol. The second kappa shape index (κ2) is 4.37. The Kier molecular flexibility index (Phi) is 3.07. The molecule has 1 amide bonds. The number of benzene rings is 1. The number of fused-ring (bicyclic) bond motifs is 1. The van der Waals surface area contributed by atoms with Gasteiger partial charge in [-0.25, -0.2) is 0 Å². The van der Waals surface area contributed by atoms with Crippen LogP contribution >= 0.6 is 0 Å². The molecule has 0 saturated carbocycles. The van der Waals surface area contributed by atoms with Crippen molar-refractivity contribution < 1.29 is 9.53 Å². The lowest BCUT2D eigenvalue weighted by atomic mass is 10.1. The fourth-order valence-electron chi connectivity index (χ4n) is 2.00. The fourth-order valence-corrected chi connectivity index (χ4v) is 2.00. The summed E-state index contributed by atoms with van der Waals surface area (Å²) in [4.78, 5) is 13.8. The number of hydrogen-bond donors (Lipinski definition) is 1. The number of nitrogens with zero attached hydrogens (tertiary/aromatic N) is 1. The molecule has 2 rings (SSSR count). The van der Waals surface area contributed by atoms with Crippen molar-refractivity contribution in [3.63, 3.8) is 0 Å². The molecule has 0 spiro atoms. The van der Waals surface area contributed by atoms with Gasteiger partial charge in [0.1, 0.15) is 11.9 Å². The van der Waals surface area contributed by atoms with E-state index in [0.717, 1.165) is 17.0 Å². The van der Waals surface area contributed by atoms with Crippen LogP contribution in [0.15, 0.2) is 18.2 Å². The first-order valence-electron chi connectivity index (χ1n) is 5.83. The molecule has 1 unspecified atom stereocenters. The highest BCUT2D eigenvalue weighted by Gasteiger charge is 2.28. The van der Waals surface area contributed by atoms with E-state index in [2.05, 4.69) is 0 Å². The number of hydrogen-bond acceptors (Lipinski definition) is 3. The SMILES string of the molecule is Cc1ccc2c(c1)OC(C)CN2C(=O)[C@H](C)N. The number of rotatable bonds is 1. The Morgan fingerprint density at radius 2 is 2.29 bits per heavy atom. The van der Waals surface area contributed by atoms with Gasteiger partial charge in [0.2, 0.25) is 5.91 Å². The quantitative estimate of drug-likeness (QED) is 0.800. The highest BCUT2D eigenvalue weighted by molar-refractivity contribution is 5.98. The summed E-state index contributed by atoms with van der Waals surface area (Å²) in [6.45, 7) is 6.21. The van der Waals surface area contributed by atoms with Gasteiger partial charge >= 0.3 is 0 Å². The lowest BCUT2D eigenvalue weighted by Gasteiger charge is -2.34. The maximum absolute atomic E-state index is 12.0. The molecule has 1 aliphatic rings. The predicted molar refractivity (Wildman–Crippen MR) is 67.3 cm³/mol. The number of ether oxygens (including phenoxy) is 1. The summed E-state index contributed by atoms with van der Waals surface area (Å²) in [7, 11) is 0. The average molecular weight is 234 g/mol. The summed E-state index contributed by atoms with van der Waals surface area (Å²) >= 11 is 0. The molecule has 17 heavy (non-hydrogen) atoms. The number of nitrogens with two attached hydrogens (primary N) is 1. The maximum atomic E-state index is 12.0. The molecule has 0 aliphatic carbocycles. The summed E-state index contributed by atoms with van der Waals surface area (Å²) < 4.78 is 5.74. The summed E-state index contributed by atoms with van der Waals surface area (Å²) in [6.07, 6.45) is -0.00741. The summed E-state index contributed by atoms with van der Waals surface area (Å²) in [5, 5.41) is 0. The van der Waals surface area contributed by atoms with Crippen LogP contribution in [0.4, 0.5) is 5.69 Å². The van der Waals surface area contributed by atoms with Crippen molar-refractivity contribution in [1.29, 1.82) is 0 Å². The summed E-state index contributed by atoms with van der Waals surface area (Å²) in [5.41, 5.74) is 7.60. The Bertz CT molecular complexity index is 443. The Morgan fingerprint density at radius 1 is 1.59 bits per heavy atom. The fraction of sp³-hybridized carbons (Fsp3) is 0.462. The minimum absolute atomic E-state index is 0.00741. The first kappa shape index (κ1) is 11.9. The number of carbonyl (C=O) groups is 1. The molecule has 92 valence electrons. The zero-order valence-electron chi connectivity index (χ0n) is 10.4. The molecule has 0 aromatic heterocycles. The molecule has 1 aromatic carbocycles. The van der Waals surface area contributed by atoms with E-state index in [4.69, 9.17) is 10.5 Å². The lowest BCUT2D eigenvalue weighted by molar-refractivity contribution is -0.119. The number of anilines is 1. The van der Waals surface area contributed by atoms with E-state index >= 15 is 0 Å². The average Bonchev–Trinajstić information content (AvgIpc) is 2.26. The van der Waals surface area contributed by atoms with Gasteiger partial charge in [-0.2, -0.15) is 0 Å². The highest BCUT2D eigenvalue weighted by Crippen LogP contribution is 2.34. The second-order valence-electron chi connectivity index (χ2n) is 4.64. The smallest absolute Gasteiger partial charge is 0.243 e. The minimum Gasteiger partial charge on any atom is -0.487 e. The van der Waals surface area contributed by atoms with Crippen LogP contribution in [0.1, 0.15) is 19.4 Å². The number of carbonyl (C=O) groups excluding carboxylic acids is 1. The molecule has 4 nitrogen and oxygen atoms in total. The van der Waals surface area contributed by atoms with Gasteiger partial charge in [-0.15, -0.1) is 0 Å². The third-order valence-corrected chi connectivity index (χ3v) is 2.83. The van der Waals surface area contributed by atoms with Crippen molar-refractivity contribution in [3.8, 4) is 5.75 Å². The van der Waals surface area contributed by atoms with E-state index in [1.165, 1.54) is 0 Å². The third kappa shape index (κ3) is 2.26. The van der Waals surface area contributed by atoms with Gasteiger partial charge in [-0.3, -0.25) is 4.79 Å². The predicted octanol–water partition coefficient (Wildman–Crippen LogP) is 1.46. The third-order valence-electron chi connectivity index (χ3n) is 2.83. The van der Waals surface area contributed by atoms with Gasteiger partial charge in [-0.1, -0.05) is 6.07 Å². The van der Waals surface area contributed by atoms with Crippen LogP contribution in [-0.4, -0.2) is 24.6 Å². The van der Waals surface area contributed by atoms with Crippen LogP contribution in [-0.2, 0) is 4.79 Å². The van der Waals surface area contributed by atoms with Crippen LogP contribution in [0, 0.1) is 6.92 Å². The van der Waals surface area contributed by atoms with E-state index in [0.29, 0.717) is 6.54 Å². The molecule has 2 N–H and O–H groups in total. The Morgan fingerprint density at radius 3 is 2.94 bits per heavy atom. The zero-order valence-corrected chi connectivity index (χ0v) is 10.4. The van der Waals surface area contributed by atoms with Crippen molar-refractivity contribution in [3.05, 3.63) is 23.8 Å². The molecule has 1 aliphatic heterocycles. The molecular formula is C13H18N2O2. The maximum Gasteiger partial charge on any atom is 0.243 e. The lowest BCUT2D eigenvalue weighted by Crippen LogP contribution is -2.48. The minimum atomic E-state index is -0.491. The molecule has 0 fully saturated rings. The highest BCUT2D eigenvalue weighted by atomic mass is 16.5. The molecule has 1 heterocycles. The molecule has 2 atom stereocenters. The molecule has 1 aromatic rings. The number of amides is 1. The Labute approximate surface area is 101 Å². The molecule has 4 heteroatoms. The Balaban J connectivity index is 2.41. The van der Waals surface area contributed by atoms with Crippen molar-refractivity contribution in [2.24, 2.45) is 5.73 Å². The van der Waals surface area contributed by atoms with Gasteiger partial charge in [-0.05, 0) is 38.5 Å². The second-order valence-corrected chi connectivity index (χ2v) is 4.64. The van der Waals surface area contributed by atoms with Crippen molar-refractivity contribution in [2.45, 2.75) is 32.9 Å². The van der Waals surface area contributed by atoms with Crippen LogP contribution < -0.4 is 15.4 Å². The van der Waals surface area contributed by atoms with E-state index in [1.807, 2.05) is 32.0 Å².